The molecule has 0 saturated heterocycles. The normalized spacial score (nSPS) is 13.5. The summed E-state index contributed by atoms with van der Waals surface area (Å²) in [6.07, 6.45) is 8.11. The fraction of sp³-hybridized carbons (Fsp3) is 0.0952. The lowest BCUT2D eigenvalue weighted by Crippen LogP contribution is -2.12. The van der Waals surface area contributed by atoms with Crippen LogP contribution >= 0.6 is 0 Å². The summed E-state index contributed by atoms with van der Waals surface area (Å²) in [6.45, 7) is 0. The van der Waals surface area contributed by atoms with Gasteiger partial charge >= 0.3 is 0 Å². The molecule has 1 aromatic heterocycles. The molecule has 4 rings (SSSR count). The predicted octanol–water partition coefficient (Wildman–Crippen LogP) is 5.17. The second kappa shape index (κ2) is 6.88. The highest BCUT2D eigenvalue weighted by atomic mass is 19.1. The van der Waals surface area contributed by atoms with E-state index >= 15 is 0 Å². The van der Waals surface area contributed by atoms with Crippen molar-refractivity contribution in [2.45, 2.75) is 12.8 Å². The van der Waals surface area contributed by atoms with Crippen LogP contribution in [0.1, 0.15) is 23.3 Å². The zero-order valence-corrected chi connectivity index (χ0v) is 14.0. The number of hydrogen-bond donors (Lipinski definition) is 2. The largest absolute Gasteiger partial charge is 0.458 e. The van der Waals surface area contributed by atoms with Gasteiger partial charge in [0.25, 0.3) is 5.91 Å². The van der Waals surface area contributed by atoms with Gasteiger partial charge in [0.15, 0.2) is 0 Å². The molecule has 0 spiro atoms. The molecule has 2 aromatic carbocycles. The van der Waals surface area contributed by atoms with E-state index in [9.17, 15) is 9.18 Å². The van der Waals surface area contributed by atoms with Crippen LogP contribution in [0.3, 0.4) is 0 Å². The SMILES string of the molecule is O=C(Nc1ccc(OC2=CCCC=C2)cc1)c1cc2cc(F)ccc2[nH]1. The second-order valence-corrected chi connectivity index (χ2v) is 6.08. The number of allylic oxidation sites excluding steroid dienone is 3. The summed E-state index contributed by atoms with van der Waals surface area (Å²) in [4.78, 5) is 15.4. The lowest BCUT2D eigenvalue weighted by Gasteiger charge is -2.10. The number of carbonyl (C=O) groups is 1. The number of ether oxygens (including phenoxy) is 1. The van der Waals surface area contributed by atoms with Crippen LogP contribution in [0.2, 0.25) is 0 Å². The maximum Gasteiger partial charge on any atom is 0.272 e. The second-order valence-electron chi connectivity index (χ2n) is 6.08. The molecule has 2 N–H and O–H groups in total. The highest BCUT2D eigenvalue weighted by Crippen LogP contribution is 2.22. The lowest BCUT2D eigenvalue weighted by molar-refractivity contribution is 0.102. The summed E-state index contributed by atoms with van der Waals surface area (Å²) in [6, 6.07) is 13.2. The van der Waals surface area contributed by atoms with E-state index in [1.54, 1.807) is 36.4 Å². The Bertz CT molecular complexity index is 1020. The zero-order chi connectivity index (χ0) is 17.9. The van der Waals surface area contributed by atoms with E-state index in [2.05, 4.69) is 22.5 Å². The maximum absolute atomic E-state index is 13.3. The van der Waals surface area contributed by atoms with Crippen LogP contribution < -0.4 is 10.1 Å². The molecular weight excluding hydrogens is 331 g/mol. The molecular formula is C21H17FN2O2. The van der Waals surface area contributed by atoms with E-state index in [0.29, 0.717) is 28.0 Å². The summed E-state index contributed by atoms with van der Waals surface area (Å²) in [7, 11) is 0. The summed E-state index contributed by atoms with van der Waals surface area (Å²) in [5.41, 5.74) is 1.75. The summed E-state index contributed by atoms with van der Waals surface area (Å²) >= 11 is 0. The zero-order valence-electron chi connectivity index (χ0n) is 14.0. The van der Waals surface area contributed by atoms with Gasteiger partial charge in [-0.3, -0.25) is 4.79 Å². The number of rotatable bonds is 4. The number of amides is 1. The summed E-state index contributed by atoms with van der Waals surface area (Å²) in [5.74, 6) is 0.926. The van der Waals surface area contributed by atoms with Crippen molar-refractivity contribution in [3.05, 3.63) is 84.0 Å². The smallest absolute Gasteiger partial charge is 0.272 e. The molecule has 0 bridgehead atoms. The average molecular weight is 348 g/mol. The number of nitrogens with one attached hydrogen (secondary N) is 2. The maximum atomic E-state index is 13.3. The van der Waals surface area contributed by atoms with Gasteiger partial charge in [0, 0.05) is 16.6 Å². The summed E-state index contributed by atoms with van der Waals surface area (Å²) in [5, 5.41) is 3.48. The molecule has 1 aliphatic rings. The number of hydrogen-bond acceptors (Lipinski definition) is 2. The third-order valence-electron chi connectivity index (χ3n) is 4.14. The van der Waals surface area contributed by atoms with E-state index in [1.165, 1.54) is 12.1 Å². The fourth-order valence-corrected chi connectivity index (χ4v) is 2.83. The molecule has 5 heteroatoms. The van der Waals surface area contributed by atoms with Crippen molar-refractivity contribution in [1.29, 1.82) is 0 Å². The van der Waals surface area contributed by atoms with Gasteiger partial charge in [-0.25, -0.2) is 4.39 Å². The number of aromatic amines is 1. The van der Waals surface area contributed by atoms with E-state index in [1.807, 2.05) is 6.08 Å². The minimum absolute atomic E-state index is 0.284. The molecule has 1 aliphatic carbocycles. The van der Waals surface area contributed by atoms with Crippen molar-refractivity contribution in [3.8, 4) is 5.75 Å². The molecule has 0 saturated carbocycles. The molecule has 4 nitrogen and oxygen atoms in total. The van der Waals surface area contributed by atoms with Crippen molar-refractivity contribution in [1.82, 2.24) is 4.98 Å². The Hall–Kier alpha value is -3.34. The number of halogens is 1. The Balaban J connectivity index is 1.45. The Labute approximate surface area is 150 Å². The van der Waals surface area contributed by atoms with Crippen LogP contribution in [-0.2, 0) is 0 Å². The van der Waals surface area contributed by atoms with E-state index in [4.69, 9.17) is 4.74 Å². The Morgan fingerprint density at radius 2 is 1.92 bits per heavy atom. The number of aromatic nitrogens is 1. The number of fused-ring (bicyclic) bond motifs is 1. The van der Waals surface area contributed by atoms with E-state index < -0.39 is 0 Å². The first-order chi connectivity index (χ1) is 12.7. The first-order valence-electron chi connectivity index (χ1n) is 8.42. The lowest BCUT2D eigenvalue weighted by atomic mass is 10.2. The molecule has 0 fully saturated rings. The molecule has 0 radical (unpaired) electrons. The monoisotopic (exact) mass is 348 g/mol. The minimum Gasteiger partial charge on any atom is -0.458 e. The van der Waals surface area contributed by atoms with Crippen LogP contribution in [0, 0.1) is 5.82 Å². The topological polar surface area (TPSA) is 54.1 Å². The van der Waals surface area contributed by atoms with Gasteiger partial charge in [-0.05, 0) is 73.5 Å². The quantitative estimate of drug-likeness (QED) is 0.683. The van der Waals surface area contributed by atoms with Gasteiger partial charge in [0.05, 0.1) is 0 Å². The van der Waals surface area contributed by atoms with Crippen LogP contribution in [-0.4, -0.2) is 10.9 Å². The van der Waals surface area contributed by atoms with E-state index in [0.717, 1.165) is 18.6 Å². The Kier molecular flexibility index (Phi) is 4.27. The van der Waals surface area contributed by atoms with E-state index in [-0.39, 0.29) is 11.7 Å². The minimum atomic E-state index is -0.332. The number of carbonyl (C=O) groups excluding carboxylic acids is 1. The molecule has 1 amide bonds. The highest BCUT2D eigenvalue weighted by Gasteiger charge is 2.10. The summed E-state index contributed by atoms with van der Waals surface area (Å²) < 4.78 is 19.0. The van der Waals surface area contributed by atoms with Gasteiger partial charge in [0.2, 0.25) is 0 Å². The van der Waals surface area contributed by atoms with Gasteiger partial charge in [-0.15, -0.1) is 0 Å². The van der Waals surface area contributed by atoms with Gasteiger partial charge in [-0.2, -0.15) is 0 Å². The van der Waals surface area contributed by atoms with Crippen molar-refractivity contribution in [2.75, 3.05) is 5.32 Å². The standard InChI is InChI=1S/C21H17FN2O2/c22-15-6-11-19-14(12-15)13-20(24-19)21(25)23-16-7-9-18(10-8-16)26-17-4-2-1-3-5-17/h2,4-13,24H,1,3H2,(H,23,25). The number of anilines is 1. The Morgan fingerprint density at radius 1 is 1.08 bits per heavy atom. The molecule has 26 heavy (non-hydrogen) atoms. The molecule has 3 aromatic rings. The van der Waals surface area contributed by atoms with Gasteiger partial charge < -0.3 is 15.0 Å². The van der Waals surface area contributed by atoms with Crippen molar-refractivity contribution >= 4 is 22.5 Å². The molecule has 0 unspecified atom stereocenters. The highest BCUT2D eigenvalue weighted by molar-refractivity contribution is 6.05. The molecule has 1 heterocycles. The fourth-order valence-electron chi connectivity index (χ4n) is 2.83. The molecule has 0 atom stereocenters. The average Bonchev–Trinajstić information content (AvgIpc) is 3.07. The van der Waals surface area contributed by atoms with Gasteiger partial charge in [0.1, 0.15) is 23.0 Å². The molecule has 0 aliphatic heterocycles. The van der Waals surface area contributed by atoms with Crippen molar-refractivity contribution in [3.63, 3.8) is 0 Å². The predicted molar refractivity (Wildman–Crippen MR) is 99.7 cm³/mol. The molecule has 130 valence electrons. The first-order valence-corrected chi connectivity index (χ1v) is 8.42. The van der Waals surface area contributed by atoms with Crippen molar-refractivity contribution < 1.29 is 13.9 Å². The van der Waals surface area contributed by atoms with Crippen molar-refractivity contribution in [2.24, 2.45) is 0 Å². The van der Waals surface area contributed by atoms with Crippen LogP contribution in [0.5, 0.6) is 5.75 Å². The number of H-pyrrole nitrogens is 1. The van der Waals surface area contributed by atoms with Crippen LogP contribution in [0.4, 0.5) is 10.1 Å². The third kappa shape index (κ3) is 3.52. The van der Waals surface area contributed by atoms with Crippen LogP contribution in [0.15, 0.2) is 72.5 Å². The Morgan fingerprint density at radius 3 is 2.69 bits per heavy atom. The third-order valence-corrected chi connectivity index (χ3v) is 4.14. The number of benzene rings is 2. The first kappa shape index (κ1) is 16.1. The van der Waals surface area contributed by atoms with Gasteiger partial charge in [-0.1, -0.05) is 6.08 Å². The van der Waals surface area contributed by atoms with Crippen LogP contribution in [0.25, 0.3) is 10.9 Å².